The Kier molecular flexibility index (Phi) is 4.95. The molecule has 0 aliphatic carbocycles. The second kappa shape index (κ2) is 6.45. The molecule has 2 amide bonds. The van der Waals surface area contributed by atoms with Crippen molar-refractivity contribution in [2.75, 3.05) is 11.9 Å². The van der Waals surface area contributed by atoms with Crippen LogP contribution in [0.4, 0.5) is 20.6 Å². The van der Waals surface area contributed by atoms with Crippen LogP contribution in [0.1, 0.15) is 12.0 Å². The molecular formula is C11H12FN3O5. The van der Waals surface area contributed by atoms with Gasteiger partial charge in [-0.2, -0.15) is 0 Å². The molecule has 0 saturated heterocycles. The average molecular weight is 285 g/mol. The van der Waals surface area contributed by atoms with Gasteiger partial charge in [0.1, 0.15) is 5.82 Å². The Hall–Kier alpha value is -2.71. The lowest BCUT2D eigenvalue weighted by Crippen LogP contribution is -2.31. The molecule has 0 atom stereocenters. The van der Waals surface area contributed by atoms with Crippen LogP contribution in [0.5, 0.6) is 0 Å². The molecule has 0 aliphatic heterocycles. The Labute approximate surface area is 112 Å². The highest BCUT2D eigenvalue weighted by atomic mass is 19.1. The van der Waals surface area contributed by atoms with E-state index in [2.05, 4.69) is 10.6 Å². The van der Waals surface area contributed by atoms with Crippen LogP contribution in [-0.2, 0) is 4.79 Å². The number of hydrogen-bond acceptors (Lipinski definition) is 4. The van der Waals surface area contributed by atoms with Crippen molar-refractivity contribution >= 4 is 23.4 Å². The van der Waals surface area contributed by atoms with E-state index >= 15 is 0 Å². The number of nitrogens with zero attached hydrogens (tertiary/aromatic N) is 1. The average Bonchev–Trinajstić information content (AvgIpc) is 2.33. The number of amides is 2. The largest absolute Gasteiger partial charge is 0.481 e. The Morgan fingerprint density at radius 2 is 2.10 bits per heavy atom. The van der Waals surface area contributed by atoms with E-state index in [1.807, 2.05) is 0 Å². The molecule has 0 radical (unpaired) electrons. The summed E-state index contributed by atoms with van der Waals surface area (Å²) in [6.07, 6.45) is -0.288. The number of benzene rings is 1. The van der Waals surface area contributed by atoms with Gasteiger partial charge in [0.15, 0.2) is 0 Å². The highest BCUT2D eigenvalue weighted by Gasteiger charge is 2.19. The first kappa shape index (κ1) is 15.3. The molecule has 1 aromatic carbocycles. The minimum absolute atomic E-state index is 0.0246. The summed E-state index contributed by atoms with van der Waals surface area (Å²) in [5.74, 6) is -1.91. The summed E-state index contributed by atoms with van der Waals surface area (Å²) in [7, 11) is 0. The van der Waals surface area contributed by atoms with Gasteiger partial charge < -0.3 is 15.7 Å². The topological polar surface area (TPSA) is 122 Å². The van der Waals surface area contributed by atoms with Crippen molar-refractivity contribution < 1.29 is 24.0 Å². The van der Waals surface area contributed by atoms with E-state index < -0.39 is 22.7 Å². The molecule has 1 aromatic rings. The van der Waals surface area contributed by atoms with Crippen LogP contribution < -0.4 is 10.6 Å². The van der Waals surface area contributed by atoms with Crippen molar-refractivity contribution in [3.63, 3.8) is 0 Å². The molecule has 0 heterocycles. The fraction of sp³-hybridized carbons (Fsp3) is 0.273. The van der Waals surface area contributed by atoms with Gasteiger partial charge in [0.05, 0.1) is 22.6 Å². The maximum atomic E-state index is 13.5. The molecule has 9 heteroatoms. The zero-order valence-electron chi connectivity index (χ0n) is 10.5. The number of nitrogens with one attached hydrogen (secondary N) is 2. The molecule has 0 aromatic heterocycles. The molecular weight excluding hydrogens is 273 g/mol. The van der Waals surface area contributed by atoms with E-state index in [0.717, 1.165) is 12.1 Å². The van der Waals surface area contributed by atoms with Gasteiger partial charge in [-0.15, -0.1) is 0 Å². The quantitative estimate of drug-likeness (QED) is 0.560. The molecule has 0 saturated carbocycles. The molecule has 8 nitrogen and oxygen atoms in total. The van der Waals surface area contributed by atoms with E-state index in [1.165, 1.54) is 6.92 Å². The second-order valence-corrected chi connectivity index (χ2v) is 3.85. The molecule has 20 heavy (non-hydrogen) atoms. The first-order valence-electron chi connectivity index (χ1n) is 5.53. The predicted octanol–water partition coefficient (Wildman–Crippen LogP) is 1.64. The maximum absolute atomic E-state index is 13.5. The van der Waals surface area contributed by atoms with Crippen LogP contribution in [-0.4, -0.2) is 28.6 Å². The molecule has 0 aliphatic rings. The summed E-state index contributed by atoms with van der Waals surface area (Å²) in [6, 6.07) is 1.03. The van der Waals surface area contributed by atoms with Crippen molar-refractivity contribution in [2.24, 2.45) is 0 Å². The normalized spacial score (nSPS) is 9.90. The summed E-state index contributed by atoms with van der Waals surface area (Å²) in [4.78, 5) is 31.7. The number of carbonyl (C=O) groups is 2. The molecule has 1 rings (SSSR count). The standard InChI is InChI=1S/C11H12FN3O5/c1-6-8(15(19)20)3-2-7(12)10(6)14-11(18)13-5-4-9(16)17/h2-3H,4-5H2,1H3,(H,16,17)(H2,13,14,18). The van der Waals surface area contributed by atoms with Gasteiger partial charge >= 0.3 is 12.0 Å². The van der Waals surface area contributed by atoms with Crippen molar-refractivity contribution in [1.82, 2.24) is 5.32 Å². The number of anilines is 1. The van der Waals surface area contributed by atoms with Crippen LogP contribution in [0.2, 0.25) is 0 Å². The number of carboxylic acid groups (broad SMARTS) is 1. The predicted molar refractivity (Wildman–Crippen MR) is 67.1 cm³/mol. The Morgan fingerprint density at radius 1 is 1.45 bits per heavy atom. The number of carbonyl (C=O) groups excluding carboxylic acids is 1. The SMILES string of the molecule is Cc1c([N+](=O)[O-])ccc(F)c1NC(=O)NCCC(=O)O. The third kappa shape index (κ3) is 3.90. The van der Waals surface area contributed by atoms with E-state index in [1.54, 1.807) is 0 Å². The van der Waals surface area contributed by atoms with Gasteiger partial charge in [-0.1, -0.05) is 0 Å². The third-order valence-electron chi connectivity index (χ3n) is 2.45. The van der Waals surface area contributed by atoms with E-state index in [4.69, 9.17) is 5.11 Å². The fourth-order valence-corrected chi connectivity index (χ4v) is 1.46. The van der Waals surface area contributed by atoms with Gasteiger partial charge in [-0.3, -0.25) is 14.9 Å². The number of hydrogen-bond donors (Lipinski definition) is 3. The van der Waals surface area contributed by atoms with Gasteiger partial charge in [-0.05, 0) is 13.0 Å². The van der Waals surface area contributed by atoms with Crippen molar-refractivity contribution in [3.05, 3.63) is 33.6 Å². The number of nitro benzene ring substituents is 1. The zero-order valence-corrected chi connectivity index (χ0v) is 10.5. The highest BCUT2D eigenvalue weighted by molar-refractivity contribution is 5.91. The number of carboxylic acids is 1. The fourth-order valence-electron chi connectivity index (χ4n) is 1.46. The van der Waals surface area contributed by atoms with Gasteiger partial charge in [-0.25, -0.2) is 9.18 Å². The summed E-state index contributed by atoms with van der Waals surface area (Å²) < 4.78 is 13.5. The van der Waals surface area contributed by atoms with Crippen molar-refractivity contribution in [3.8, 4) is 0 Å². The lowest BCUT2D eigenvalue weighted by atomic mass is 10.1. The van der Waals surface area contributed by atoms with Crippen LogP contribution in [0.15, 0.2) is 12.1 Å². The van der Waals surface area contributed by atoms with Gasteiger partial charge in [0, 0.05) is 12.6 Å². The summed E-state index contributed by atoms with van der Waals surface area (Å²) in [5.41, 5.74) is -0.664. The molecule has 0 fully saturated rings. The first-order chi connectivity index (χ1) is 9.32. The lowest BCUT2D eigenvalue weighted by Gasteiger charge is -2.10. The molecule has 0 unspecified atom stereocenters. The minimum atomic E-state index is -1.09. The van der Waals surface area contributed by atoms with Crippen LogP contribution in [0.25, 0.3) is 0 Å². The Balaban J connectivity index is 2.81. The number of nitro groups is 1. The summed E-state index contributed by atoms with van der Waals surface area (Å²) >= 11 is 0. The molecule has 3 N–H and O–H groups in total. The third-order valence-corrected chi connectivity index (χ3v) is 2.45. The van der Waals surface area contributed by atoms with Gasteiger partial charge in [0.2, 0.25) is 0 Å². The van der Waals surface area contributed by atoms with Crippen LogP contribution in [0, 0.1) is 22.9 Å². The molecule has 0 spiro atoms. The maximum Gasteiger partial charge on any atom is 0.319 e. The minimum Gasteiger partial charge on any atom is -0.481 e. The zero-order chi connectivity index (χ0) is 15.3. The number of rotatable bonds is 5. The summed E-state index contributed by atoms with van der Waals surface area (Å²) in [5, 5.41) is 23.4. The van der Waals surface area contributed by atoms with E-state index in [9.17, 15) is 24.1 Å². The second-order valence-electron chi connectivity index (χ2n) is 3.85. The smallest absolute Gasteiger partial charge is 0.319 e. The lowest BCUT2D eigenvalue weighted by molar-refractivity contribution is -0.385. The van der Waals surface area contributed by atoms with E-state index in [-0.39, 0.29) is 29.9 Å². The van der Waals surface area contributed by atoms with Gasteiger partial charge in [0.25, 0.3) is 5.69 Å². The molecule has 0 bridgehead atoms. The van der Waals surface area contributed by atoms with Crippen molar-refractivity contribution in [1.29, 1.82) is 0 Å². The van der Waals surface area contributed by atoms with E-state index in [0.29, 0.717) is 0 Å². The van der Waals surface area contributed by atoms with Crippen molar-refractivity contribution in [2.45, 2.75) is 13.3 Å². The number of aliphatic carboxylic acids is 1. The van der Waals surface area contributed by atoms with Crippen LogP contribution >= 0.6 is 0 Å². The summed E-state index contributed by atoms with van der Waals surface area (Å²) in [6.45, 7) is 1.16. The Morgan fingerprint density at radius 3 is 2.65 bits per heavy atom. The number of halogens is 1. The Bertz CT molecular complexity index is 561. The van der Waals surface area contributed by atoms with Crippen LogP contribution in [0.3, 0.4) is 0 Å². The number of urea groups is 1. The highest BCUT2D eigenvalue weighted by Crippen LogP contribution is 2.27. The first-order valence-corrected chi connectivity index (χ1v) is 5.53. The monoisotopic (exact) mass is 285 g/mol. The molecule has 108 valence electrons.